The van der Waals surface area contributed by atoms with E-state index in [1.807, 2.05) is 18.2 Å². The van der Waals surface area contributed by atoms with Gasteiger partial charge in [-0.1, -0.05) is 6.07 Å². The molecule has 0 radical (unpaired) electrons. The Morgan fingerprint density at radius 1 is 1.14 bits per heavy atom. The standard InChI is InChI=1S/C10H13ClO3/c1-12-9-4-3-8(5-6-14-11)7-10(9)13-2/h3-4,7H,5-6H2,1-2H3. The first-order valence-corrected chi connectivity index (χ1v) is 4.57. The quantitative estimate of drug-likeness (QED) is 0.757. The Morgan fingerprint density at radius 2 is 1.86 bits per heavy atom. The first-order chi connectivity index (χ1) is 6.81. The molecule has 3 nitrogen and oxygen atoms in total. The summed E-state index contributed by atoms with van der Waals surface area (Å²) < 4.78 is 14.7. The molecule has 14 heavy (non-hydrogen) atoms. The van der Waals surface area contributed by atoms with E-state index in [4.69, 9.17) is 21.3 Å². The van der Waals surface area contributed by atoms with Crippen LogP contribution in [0.2, 0.25) is 0 Å². The Kier molecular flexibility index (Phi) is 4.56. The first kappa shape index (κ1) is 11.1. The average Bonchev–Trinajstić information content (AvgIpc) is 2.25. The molecule has 0 atom stereocenters. The van der Waals surface area contributed by atoms with Crippen molar-refractivity contribution >= 4 is 11.9 Å². The van der Waals surface area contributed by atoms with Crippen molar-refractivity contribution < 1.29 is 13.8 Å². The topological polar surface area (TPSA) is 27.7 Å². The monoisotopic (exact) mass is 216 g/mol. The van der Waals surface area contributed by atoms with Gasteiger partial charge >= 0.3 is 0 Å². The molecule has 1 rings (SSSR count). The Labute approximate surface area is 88.7 Å². The van der Waals surface area contributed by atoms with E-state index in [1.54, 1.807) is 14.2 Å². The molecule has 0 heterocycles. The molecule has 0 aliphatic rings. The molecule has 1 aromatic carbocycles. The van der Waals surface area contributed by atoms with Gasteiger partial charge in [-0.2, -0.15) is 0 Å². The summed E-state index contributed by atoms with van der Waals surface area (Å²) >= 11 is 5.13. The van der Waals surface area contributed by atoms with Crippen molar-refractivity contribution in [3.8, 4) is 11.5 Å². The fourth-order valence-corrected chi connectivity index (χ4v) is 1.27. The fourth-order valence-electron chi connectivity index (χ4n) is 1.19. The highest BCUT2D eigenvalue weighted by molar-refractivity contribution is 6.07. The van der Waals surface area contributed by atoms with Gasteiger partial charge in [-0.25, -0.2) is 0 Å². The predicted octanol–water partition coefficient (Wildman–Crippen LogP) is 2.42. The van der Waals surface area contributed by atoms with Gasteiger partial charge in [0, 0.05) is 0 Å². The summed E-state index contributed by atoms with van der Waals surface area (Å²) in [6.07, 6.45) is 0.754. The third kappa shape index (κ3) is 2.79. The zero-order chi connectivity index (χ0) is 10.4. The van der Waals surface area contributed by atoms with E-state index in [-0.39, 0.29) is 0 Å². The molecule has 78 valence electrons. The maximum atomic E-state index is 5.16. The lowest BCUT2D eigenvalue weighted by Crippen LogP contribution is -1.95. The van der Waals surface area contributed by atoms with Crippen molar-refractivity contribution in [1.82, 2.24) is 0 Å². The van der Waals surface area contributed by atoms with Crippen LogP contribution in [0.25, 0.3) is 0 Å². The molecular formula is C10H13ClO3. The summed E-state index contributed by atoms with van der Waals surface area (Å²) in [5.74, 6) is 1.45. The molecule has 0 bridgehead atoms. The van der Waals surface area contributed by atoms with Crippen LogP contribution in [-0.4, -0.2) is 20.8 Å². The van der Waals surface area contributed by atoms with Crippen molar-refractivity contribution in [2.75, 3.05) is 20.8 Å². The van der Waals surface area contributed by atoms with Crippen molar-refractivity contribution in [3.05, 3.63) is 23.8 Å². The Hall–Kier alpha value is -0.930. The number of rotatable bonds is 5. The molecule has 4 heteroatoms. The van der Waals surface area contributed by atoms with Crippen LogP contribution in [0.15, 0.2) is 18.2 Å². The molecule has 0 amide bonds. The predicted molar refractivity (Wildman–Crippen MR) is 55.1 cm³/mol. The van der Waals surface area contributed by atoms with Crippen LogP contribution in [0.3, 0.4) is 0 Å². The van der Waals surface area contributed by atoms with E-state index >= 15 is 0 Å². The number of hydrogen-bond acceptors (Lipinski definition) is 3. The van der Waals surface area contributed by atoms with E-state index in [9.17, 15) is 0 Å². The molecule has 0 spiro atoms. The third-order valence-corrected chi connectivity index (χ3v) is 2.07. The van der Waals surface area contributed by atoms with Crippen molar-refractivity contribution in [1.29, 1.82) is 0 Å². The largest absolute Gasteiger partial charge is 0.493 e. The van der Waals surface area contributed by atoms with Crippen LogP contribution < -0.4 is 9.47 Å². The fraction of sp³-hybridized carbons (Fsp3) is 0.400. The number of methoxy groups -OCH3 is 2. The van der Waals surface area contributed by atoms with Gasteiger partial charge in [0.2, 0.25) is 0 Å². The molecule has 0 saturated heterocycles. The summed E-state index contributed by atoms with van der Waals surface area (Å²) in [5.41, 5.74) is 1.10. The molecule has 0 fully saturated rings. The maximum Gasteiger partial charge on any atom is 0.160 e. The van der Waals surface area contributed by atoms with E-state index < -0.39 is 0 Å². The SMILES string of the molecule is COc1ccc(CCOCl)cc1OC. The zero-order valence-electron chi connectivity index (χ0n) is 8.25. The summed E-state index contributed by atoms with van der Waals surface area (Å²) in [6.45, 7) is 0.483. The minimum absolute atomic E-state index is 0.483. The third-order valence-electron chi connectivity index (χ3n) is 1.92. The van der Waals surface area contributed by atoms with Crippen LogP contribution in [0.4, 0.5) is 0 Å². The van der Waals surface area contributed by atoms with Gasteiger partial charge < -0.3 is 9.47 Å². The molecule has 0 N–H and O–H groups in total. The second kappa shape index (κ2) is 5.73. The molecule has 0 aliphatic heterocycles. The highest BCUT2D eigenvalue weighted by Crippen LogP contribution is 2.27. The Morgan fingerprint density at radius 3 is 2.43 bits per heavy atom. The van der Waals surface area contributed by atoms with Crippen LogP contribution in [-0.2, 0) is 10.7 Å². The summed E-state index contributed by atoms with van der Waals surface area (Å²) in [5, 5.41) is 0. The van der Waals surface area contributed by atoms with Crippen molar-refractivity contribution in [2.45, 2.75) is 6.42 Å². The Bertz CT molecular complexity index is 289. The second-order valence-electron chi connectivity index (χ2n) is 2.75. The lowest BCUT2D eigenvalue weighted by atomic mass is 10.1. The van der Waals surface area contributed by atoms with Gasteiger partial charge in [0.15, 0.2) is 11.5 Å². The summed E-state index contributed by atoms with van der Waals surface area (Å²) in [7, 11) is 3.22. The van der Waals surface area contributed by atoms with E-state index in [1.165, 1.54) is 0 Å². The zero-order valence-corrected chi connectivity index (χ0v) is 9.00. The molecular weight excluding hydrogens is 204 g/mol. The maximum absolute atomic E-state index is 5.16. The van der Waals surface area contributed by atoms with E-state index in [0.29, 0.717) is 6.61 Å². The second-order valence-corrected chi connectivity index (χ2v) is 2.97. The van der Waals surface area contributed by atoms with Gasteiger partial charge in [0.25, 0.3) is 0 Å². The average molecular weight is 217 g/mol. The molecule has 0 saturated carbocycles. The number of hydrogen-bond donors (Lipinski definition) is 0. The van der Waals surface area contributed by atoms with Gasteiger partial charge in [-0.05, 0) is 24.1 Å². The van der Waals surface area contributed by atoms with Gasteiger partial charge in [0.1, 0.15) is 0 Å². The van der Waals surface area contributed by atoms with Crippen LogP contribution in [0.1, 0.15) is 5.56 Å². The van der Waals surface area contributed by atoms with Gasteiger partial charge in [0.05, 0.1) is 32.7 Å². The minimum atomic E-state index is 0.483. The van der Waals surface area contributed by atoms with Crippen molar-refractivity contribution in [3.63, 3.8) is 0 Å². The smallest absolute Gasteiger partial charge is 0.160 e. The number of ether oxygens (including phenoxy) is 2. The highest BCUT2D eigenvalue weighted by atomic mass is 35.5. The lowest BCUT2D eigenvalue weighted by Gasteiger charge is -2.08. The van der Waals surface area contributed by atoms with Crippen LogP contribution in [0, 0.1) is 0 Å². The van der Waals surface area contributed by atoms with E-state index in [0.717, 1.165) is 23.5 Å². The van der Waals surface area contributed by atoms with Crippen LogP contribution in [0.5, 0.6) is 11.5 Å². The first-order valence-electron chi connectivity index (χ1n) is 4.26. The lowest BCUT2D eigenvalue weighted by molar-refractivity contribution is 0.349. The molecule has 0 aromatic heterocycles. The van der Waals surface area contributed by atoms with E-state index in [2.05, 4.69) is 4.29 Å². The Balaban J connectivity index is 2.79. The van der Waals surface area contributed by atoms with Gasteiger partial charge in [-0.15, -0.1) is 0 Å². The summed E-state index contributed by atoms with van der Waals surface area (Å²) in [6, 6.07) is 5.73. The van der Waals surface area contributed by atoms with Crippen molar-refractivity contribution in [2.24, 2.45) is 0 Å². The normalized spacial score (nSPS) is 9.93. The molecule has 0 unspecified atom stereocenters. The highest BCUT2D eigenvalue weighted by Gasteiger charge is 2.03. The van der Waals surface area contributed by atoms with Crippen LogP contribution >= 0.6 is 11.9 Å². The minimum Gasteiger partial charge on any atom is -0.493 e. The molecule has 1 aromatic rings. The van der Waals surface area contributed by atoms with Gasteiger partial charge in [-0.3, -0.25) is 4.29 Å². The summed E-state index contributed by atoms with van der Waals surface area (Å²) in [4.78, 5) is 0. The number of halogens is 1. The number of benzene rings is 1. The molecule has 0 aliphatic carbocycles.